The van der Waals surface area contributed by atoms with Crippen molar-refractivity contribution in [1.29, 1.82) is 0 Å². The van der Waals surface area contributed by atoms with E-state index in [1.165, 1.54) is 6.92 Å². The van der Waals surface area contributed by atoms with Crippen LogP contribution in [0.25, 0.3) is 0 Å². The number of rotatable bonds is 3. The molecule has 0 aromatic rings. The van der Waals surface area contributed by atoms with Crippen LogP contribution >= 0.6 is 0 Å². The second-order valence-electron chi connectivity index (χ2n) is 3.19. The molecule has 7 heteroatoms. The van der Waals surface area contributed by atoms with Gasteiger partial charge in [-0.1, -0.05) is 0 Å². The summed E-state index contributed by atoms with van der Waals surface area (Å²) in [6, 6.07) is -0.752. The number of hydrazone groups is 1. The Labute approximate surface area is 86.1 Å². The molecule has 0 fully saturated rings. The lowest BCUT2D eigenvalue weighted by Gasteiger charge is -2.14. The summed E-state index contributed by atoms with van der Waals surface area (Å²) in [6.45, 7) is 1.47. The molecular formula is C8H12N4O3. The fourth-order valence-corrected chi connectivity index (χ4v) is 0.989. The normalized spacial score (nSPS) is 17.4. The first-order valence-corrected chi connectivity index (χ1v) is 4.46. The third-order valence-electron chi connectivity index (χ3n) is 1.94. The molecule has 0 aliphatic carbocycles. The van der Waals surface area contributed by atoms with Crippen LogP contribution in [0.2, 0.25) is 0 Å². The number of nitrogens with one attached hydrogen (secondary N) is 2. The van der Waals surface area contributed by atoms with E-state index in [1.807, 2.05) is 0 Å². The molecule has 1 aliphatic heterocycles. The molecule has 1 atom stereocenters. The lowest BCUT2D eigenvalue weighted by Crippen LogP contribution is -2.46. The zero-order chi connectivity index (χ0) is 11.4. The Morgan fingerprint density at radius 1 is 1.53 bits per heavy atom. The van der Waals surface area contributed by atoms with E-state index in [0.717, 1.165) is 0 Å². The molecule has 0 saturated heterocycles. The standard InChI is InChI=1S/C8H12N4O3/c1-4(7(9)14)10-8(15)5-2-3-6(13)12-11-5/h4H,2-3H2,1H3,(H2,9,14)(H,10,15)(H,12,13). The van der Waals surface area contributed by atoms with E-state index in [4.69, 9.17) is 5.73 Å². The van der Waals surface area contributed by atoms with Crippen molar-refractivity contribution in [3.8, 4) is 0 Å². The van der Waals surface area contributed by atoms with E-state index in [9.17, 15) is 14.4 Å². The van der Waals surface area contributed by atoms with Crippen LogP contribution in [0.1, 0.15) is 19.8 Å². The first-order chi connectivity index (χ1) is 7.00. The third kappa shape index (κ3) is 3.04. The van der Waals surface area contributed by atoms with Crippen LogP contribution in [0.5, 0.6) is 0 Å². The Hall–Kier alpha value is -1.92. The van der Waals surface area contributed by atoms with Crippen LogP contribution in [-0.4, -0.2) is 29.5 Å². The molecule has 15 heavy (non-hydrogen) atoms. The highest BCUT2D eigenvalue weighted by Crippen LogP contribution is 1.99. The smallest absolute Gasteiger partial charge is 0.268 e. The highest BCUT2D eigenvalue weighted by molar-refractivity contribution is 6.39. The molecule has 7 nitrogen and oxygen atoms in total. The molecule has 1 heterocycles. The predicted octanol–water partition coefficient (Wildman–Crippen LogP) is -1.76. The van der Waals surface area contributed by atoms with Gasteiger partial charge in [0.15, 0.2) is 0 Å². The molecular weight excluding hydrogens is 200 g/mol. The van der Waals surface area contributed by atoms with Crippen molar-refractivity contribution in [3.05, 3.63) is 0 Å². The highest BCUT2D eigenvalue weighted by atomic mass is 16.2. The number of carbonyl (C=O) groups is 3. The second kappa shape index (κ2) is 4.54. The van der Waals surface area contributed by atoms with Gasteiger partial charge in [0.2, 0.25) is 11.8 Å². The van der Waals surface area contributed by atoms with E-state index in [0.29, 0.717) is 0 Å². The van der Waals surface area contributed by atoms with E-state index in [1.54, 1.807) is 0 Å². The number of hydrogen-bond acceptors (Lipinski definition) is 4. The van der Waals surface area contributed by atoms with Crippen molar-refractivity contribution in [1.82, 2.24) is 10.7 Å². The lowest BCUT2D eigenvalue weighted by molar-refractivity contribution is -0.124. The second-order valence-corrected chi connectivity index (χ2v) is 3.19. The minimum absolute atomic E-state index is 0.197. The molecule has 0 aromatic heterocycles. The van der Waals surface area contributed by atoms with Crippen LogP contribution in [0.15, 0.2) is 5.10 Å². The Balaban J connectivity index is 2.54. The molecule has 82 valence electrons. The molecule has 0 bridgehead atoms. The minimum Gasteiger partial charge on any atom is -0.368 e. The topological polar surface area (TPSA) is 114 Å². The van der Waals surface area contributed by atoms with E-state index in [-0.39, 0.29) is 24.5 Å². The van der Waals surface area contributed by atoms with Gasteiger partial charge < -0.3 is 11.1 Å². The largest absolute Gasteiger partial charge is 0.368 e. The van der Waals surface area contributed by atoms with E-state index >= 15 is 0 Å². The van der Waals surface area contributed by atoms with Gasteiger partial charge in [-0.2, -0.15) is 5.10 Å². The van der Waals surface area contributed by atoms with Crippen molar-refractivity contribution >= 4 is 23.4 Å². The molecule has 4 N–H and O–H groups in total. The Morgan fingerprint density at radius 2 is 2.20 bits per heavy atom. The molecule has 1 rings (SSSR count). The minimum atomic E-state index is -0.752. The molecule has 3 amide bonds. The van der Waals surface area contributed by atoms with Crippen molar-refractivity contribution < 1.29 is 14.4 Å². The first-order valence-electron chi connectivity index (χ1n) is 4.46. The van der Waals surface area contributed by atoms with E-state index in [2.05, 4.69) is 15.8 Å². The number of nitrogens with two attached hydrogens (primary N) is 1. The Morgan fingerprint density at radius 3 is 2.67 bits per heavy atom. The summed E-state index contributed by atoms with van der Waals surface area (Å²) in [4.78, 5) is 32.8. The maximum Gasteiger partial charge on any atom is 0.268 e. The zero-order valence-electron chi connectivity index (χ0n) is 8.24. The maximum atomic E-state index is 11.4. The van der Waals surface area contributed by atoms with Gasteiger partial charge in [0, 0.05) is 12.8 Å². The van der Waals surface area contributed by atoms with Crippen LogP contribution in [-0.2, 0) is 14.4 Å². The number of amides is 3. The third-order valence-corrected chi connectivity index (χ3v) is 1.94. The predicted molar refractivity (Wildman–Crippen MR) is 51.6 cm³/mol. The van der Waals surface area contributed by atoms with Crippen LogP contribution in [0.4, 0.5) is 0 Å². The summed E-state index contributed by atoms with van der Waals surface area (Å²) >= 11 is 0. The molecule has 0 spiro atoms. The summed E-state index contributed by atoms with van der Waals surface area (Å²) in [5, 5.41) is 5.94. The van der Waals surface area contributed by atoms with Crippen LogP contribution in [0.3, 0.4) is 0 Å². The number of nitrogens with zero attached hydrogens (tertiary/aromatic N) is 1. The van der Waals surface area contributed by atoms with Gasteiger partial charge in [-0.3, -0.25) is 14.4 Å². The quantitative estimate of drug-likeness (QED) is 0.515. The van der Waals surface area contributed by atoms with Gasteiger partial charge in [0.05, 0.1) is 0 Å². The molecule has 0 aromatic carbocycles. The maximum absolute atomic E-state index is 11.4. The zero-order valence-corrected chi connectivity index (χ0v) is 8.24. The summed E-state index contributed by atoms with van der Waals surface area (Å²) in [5.74, 6) is -1.33. The fraction of sp³-hybridized carbons (Fsp3) is 0.500. The average molecular weight is 212 g/mol. The number of hydrogen-bond donors (Lipinski definition) is 3. The Kier molecular flexibility index (Phi) is 3.37. The molecule has 1 aliphatic rings. The SMILES string of the molecule is CC(NC(=O)C1=NNC(=O)CC1)C(N)=O. The highest BCUT2D eigenvalue weighted by Gasteiger charge is 2.20. The fourth-order valence-electron chi connectivity index (χ4n) is 0.989. The van der Waals surface area contributed by atoms with Gasteiger partial charge in [-0.05, 0) is 6.92 Å². The number of primary amides is 1. The molecule has 0 saturated carbocycles. The van der Waals surface area contributed by atoms with Gasteiger partial charge in [-0.25, -0.2) is 5.43 Å². The van der Waals surface area contributed by atoms with Crippen molar-refractivity contribution in [2.75, 3.05) is 0 Å². The van der Waals surface area contributed by atoms with Crippen LogP contribution < -0.4 is 16.5 Å². The molecule has 0 radical (unpaired) electrons. The first kappa shape index (κ1) is 11.2. The number of carbonyl (C=O) groups excluding carboxylic acids is 3. The summed E-state index contributed by atoms with van der Waals surface area (Å²) in [5.41, 5.74) is 7.36. The van der Waals surface area contributed by atoms with Gasteiger partial charge in [0.25, 0.3) is 5.91 Å². The Bertz CT molecular complexity index is 337. The lowest BCUT2D eigenvalue weighted by atomic mass is 10.1. The van der Waals surface area contributed by atoms with E-state index < -0.39 is 17.9 Å². The monoisotopic (exact) mass is 212 g/mol. The average Bonchev–Trinajstić information content (AvgIpc) is 2.18. The summed E-state index contributed by atoms with van der Waals surface area (Å²) in [7, 11) is 0. The van der Waals surface area contributed by atoms with Crippen molar-refractivity contribution in [2.24, 2.45) is 10.8 Å². The van der Waals surface area contributed by atoms with Crippen LogP contribution in [0, 0.1) is 0 Å². The summed E-state index contributed by atoms with van der Waals surface area (Å²) in [6.07, 6.45) is 0.486. The van der Waals surface area contributed by atoms with Gasteiger partial charge in [0.1, 0.15) is 11.8 Å². The molecule has 1 unspecified atom stereocenters. The van der Waals surface area contributed by atoms with Crippen molar-refractivity contribution in [2.45, 2.75) is 25.8 Å². The van der Waals surface area contributed by atoms with Crippen molar-refractivity contribution in [3.63, 3.8) is 0 Å². The van der Waals surface area contributed by atoms with Gasteiger partial charge in [-0.15, -0.1) is 0 Å². The summed E-state index contributed by atoms with van der Waals surface area (Å²) < 4.78 is 0. The van der Waals surface area contributed by atoms with Gasteiger partial charge >= 0.3 is 0 Å².